The van der Waals surface area contributed by atoms with Gasteiger partial charge in [-0.3, -0.25) is 19.3 Å². The molecule has 2 N–H and O–H groups in total. The lowest BCUT2D eigenvalue weighted by atomic mass is 9.93. The van der Waals surface area contributed by atoms with Crippen LogP contribution in [0, 0.1) is 5.92 Å². The van der Waals surface area contributed by atoms with Gasteiger partial charge in [0.05, 0.1) is 17.4 Å². The predicted molar refractivity (Wildman–Crippen MR) is 175 cm³/mol. The van der Waals surface area contributed by atoms with Crippen LogP contribution in [0.5, 0.6) is 0 Å². The zero-order valence-corrected chi connectivity index (χ0v) is 26.2. The summed E-state index contributed by atoms with van der Waals surface area (Å²) < 4.78 is 0. The van der Waals surface area contributed by atoms with Gasteiger partial charge in [-0.05, 0) is 44.7 Å². The molecule has 0 radical (unpaired) electrons. The first kappa shape index (κ1) is 30.9. The number of nitrogens with two attached hydrogens (primary N) is 1. The number of rotatable bonds is 6. The van der Waals surface area contributed by atoms with Gasteiger partial charge in [-0.1, -0.05) is 60.7 Å². The number of hydrogen-bond donors (Lipinski definition) is 1. The number of amides is 3. The number of hydrogen-bond acceptors (Lipinski definition) is 6. The summed E-state index contributed by atoms with van der Waals surface area (Å²) in [6.45, 7) is 7.49. The van der Waals surface area contributed by atoms with Crippen molar-refractivity contribution >= 4 is 17.7 Å². The second-order valence-corrected chi connectivity index (χ2v) is 12.6. The Labute approximate surface area is 266 Å². The molecule has 0 saturated carbocycles. The summed E-state index contributed by atoms with van der Waals surface area (Å²) in [4.78, 5) is 52.5. The van der Waals surface area contributed by atoms with Crippen molar-refractivity contribution in [3.63, 3.8) is 0 Å². The lowest BCUT2D eigenvalue weighted by Crippen LogP contribution is -2.55. The molecule has 3 saturated heterocycles. The molecule has 0 aliphatic carbocycles. The first-order chi connectivity index (χ1) is 21.9. The van der Waals surface area contributed by atoms with E-state index in [9.17, 15) is 14.4 Å². The largest absolute Gasteiger partial charge is 0.342 e. The maximum Gasteiger partial charge on any atom is 0.254 e. The number of pyridine rings is 1. The average Bonchev–Trinajstić information content (AvgIpc) is 3.11. The van der Waals surface area contributed by atoms with Gasteiger partial charge in [0.1, 0.15) is 0 Å². The minimum Gasteiger partial charge on any atom is -0.342 e. The molecular formula is C36H44N6O3. The van der Waals surface area contributed by atoms with Crippen molar-refractivity contribution in [3.05, 3.63) is 78.4 Å². The lowest BCUT2D eigenvalue weighted by Gasteiger charge is -2.43. The van der Waals surface area contributed by atoms with Crippen LogP contribution >= 0.6 is 0 Å². The molecule has 3 fully saturated rings. The van der Waals surface area contributed by atoms with E-state index in [1.165, 1.54) is 0 Å². The molecule has 236 valence electrons. The van der Waals surface area contributed by atoms with E-state index >= 15 is 0 Å². The topological polar surface area (TPSA) is 103 Å². The Kier molecular flexibility index (Phi) is 9.56. The lowest BCUT2D eigenvalue weighted by molar-refractivity contribution is -0.142. The van der Waals surface area contributed by atoms with Gasteiger partial charge >= 0.3 is 0 Å². The molecule has 9 heteroatoms. The summed E-state index contributed by atoms with van der Waals surface area (Å²) in [5.41, 5.74) is 9.99. The fourth-order valence-corrected chi connectivity index (χ4v) is 6.98. The van der Waals surface area contributed by atoms with Gasteiger partial charge < -0.3 is 20.4 Å². The second-order valence-electron chi connectivity index (χ2n) is 12.6. The molecule has 1 atom stereocenters. The third kappa shape index (κ3) is 7.10. The van der Waals surface area contributed by atoms with Crippen LogP contribution in [0.15, 0.2) is 72.8 Å². The number of benzene rings is 2. The molecule has 3 aromatic rings. The molecule has 9 nitrogen and oxygen atoms in total. The Hall–Kier alpha value is -4.08. The van der Waals surface area contributed by atoms with Crippen molar-refractivity contribution in [1.82, 2.24) is 24.6 Å². The molecule has 2 aromatic carbocycles. The predicted octanol–water partition coefficient (Wildman–Crippen LogP) is 3.75. The van der Waals surface area contributed by atoms with Crippen molar-refractivity contribution in [1.29, 1.82) is 0 Å². The van der Waals surface area contributed by atoms with E-state index < -0.39 is 6.04 Å². The minimum atomic E-state index is -0.494. The first-order valence-corrected chi connectivity index (χ1v) is 16.4. The standard InChI is InChI=1S/C36H44N6O3/c1-26(37)34(43)40-16-12-29(13-17-40)35(44)41-18-14-31(15-19-41)39-20-22-42(23-21-39)36(45)30-24-32(27-8-4-2-5-9-27)38-33(25-30)28-10-6-3-7-11-28/h2-11,24-26,29,31H,12-23,37H2,1H3/t26-/m0/s1. The number of aromatic nitrogens is 1. The van der Waals surface area contributed by atoms with Crippen LogP contribution in [-0.2, 0) is 9.59 Å². The van der Waals surface area contributed by atoms with Crippen LogP contribution in [-0.4, -0.2) is 107 Å². The van der Waals surface area contributed by atoms with E-state index in [0.717, 1.165) is 61.5 Å². The molecular weight excluding hydrogens is 564 g/mol. The van der Waals surface area contributed by atoms with Crippen LogP contribution in [0.2, 0.25) is 0 Å². The van der Waals surface area contributed by atoms with Crippen molar-refractivity contribution in [2.24, 2.45) is 11.7 Å². The molecule has 45 heavy (non-hydrogen) atoms. The number of piperazine rings is 1. The molecule has 0 bridgehead atoms. The van der Waals surface area contributed by atoms with Gasteiger partial charge in [0, 0.05) is 81.0 Å². The first-order valence-electron chi connectivity index (χ1n) is 16.4. The third-order valence-electron chi connectivity index (χ3n) is 9.65. The maximum absolute atomic E-state index is 13.8. The molecule has 0 spiro atoms. The highest BCUT2D eigenvalue weighted by molar-refractivity contribution is 5.96. The Morgan fingerprint density at radius 3 is 1.71 bits per heavy atom. The monoisotopic (exact) mass is 608 g/mol. The highest BCUT2D eigenvalue weighted by atomic mass is 16.2. The van der Waals surface area contributed by atoms with Crippen LogP contribution in [0.3, 0.4) is 0 Å². The molecule has 6 rings (SSSR count). The summed E-state index contributed by atoms with van der Waals surface area (Å²) in [5.74, 6) is 0.240. The minimum absolute atomic E-state index is 0.00811. The van der Waals surface area contributed by atoms with Gasteiger partial charge in [0.2, 0.25) is 11.8 Å². The molecule has 3 amide bonds. The fraction of sp³-hybridized carbons (Fsp3) is 0.444. The molecule has 0 unspecified atom stereocenters. The van der Waals surface area contributed by atoms with E-state index in [1.54, 1.807) is 11.8 Å². The Bertz CT molecular complexity index is 1420. The zero-order valence-electron chi connectivity index (χ0n) is 26.2. The van der Waals surface area contributed by atoms with E-state index in [1.807, 2.05) is 82.6 Å². The van der Waals surface area contributed by atoms with Crippen molar-refractivity contribution < 1.29 is 14.4 Å². The van der Waals surface area contributed by atoms with E-state index in [2.05, 4.69) is 4.90 Å². The normalized spacial score (nSPS) is 19.4. The van der Waals surface area contributed by atoms with Gasteiger partial charge in [-0.25, -0.2) is 4.98 Å². The van der Waals surface area contributed by atoms with Crippen LogP contribution in [0.1, 0.15) is 43.0 Å². The number of likely N-dealkylation sites (tertiary alicyclic amines) is 2. The Balaban J connectivity index is 1.03. The number of carbonyl (C=O) groups is 3. The second kappa shape index (κ2) is 13.9. The SMILES string of the molecule is C[C@H](N)C(=O)N1CCC(C(=O)N2CCC(N3CCN(C(=O)c4cc(-c5ccccc5)nc(-c5ccccc5)c4)CC3)CC2)CC1. The quantitative estimate of drug-likeness (QED) is 0.458. The van der Waals surface area contributed by atoms with Gasteiger partial charge in [0.25, 0.3) is 5.91 Å². The molecule has 3 aliphatic heterocycles. The summed E-state index contributed by atoms with van der Waals surface area (Å²) in [7, 11) is 0. The highest BCUT2D eigenvalue weighted by Gasteiger charge is 2.35. The third-order valence-corrected chi connectivity index (χ3v) is 9.65. The maximum atomic E-state index is 13.8. The number of piperidine rings is 2. The summed E-state index contributed by atoms with van der Waals surface area (Å²) >= 11 is 0. The summed E-state index contributed by atoms with van der Waals surface area (Å²) in [6.07, 6.45) is 3.33. The summed E-state index contributed by atoms with van der Waals surface area (Å²) in [5, 5.41) is 0. The summed E-state index contributed by atoms with van der Waals surface area (Å²) in [6, 6.07) is 23.8. The Morgan fingerprint density at radius 1 is 0.689 bits per heavy atom. The highest BCUT2D eigenvalue weighted by Crippen LogP contribution is 2.27. The zero-order chi connectivity index (χ0) is 31.3. The number of carbonyl (C=O) groups excluding carboxylic acids is 3. The molecule has 4 heterocycles. The van der Waals surface area contributed by atoms with Crippen LogP contribution < -0.4 is 5.73 Å². The molecule has 3 aliphatic rings. The average molecular weight is 609 g/mol. The van der Waals surface area contributed by atoms with E-state index in [0.29, 0.717) is 50.6 Å². The molecule has 1 aromatic heterocycles. The van der Waals surface area contributed by atoms with Gasteiger partial charge in [0.15, 0.2) is 0 Å². The van der Waals surface area contributed by atoms with Crippen molar-refractivity contribution in [2.45, 2.75) is 44.7 Å². The van der Waals surface area contributed by atoms with E-state index in [4.69, 9.17) is 10.7 Å². The Morgan fingerprint density at radius 2 is 1.20 bits per heavy atom. The smallest absolute Gasteiger partial charge is 0.254 e. The fourth-order valence-electron chi connectivity index (χ4n) is 6.98. The van der Waals surface area contributed by atoms with Gasteiger partial charge in [-0.2, -0.15) is 0 Å². The van der Waals surface area contributed by atoms with E-state index in [-0.39, 0.29) is 23.6 Å². The van der Waals surface area contributed by atoms with Crippen molar-refractivity contribution in [2.75, 3.05) is 52.4 Å². The van der Waals surface area contributed by atoms with Crippen LogP contribution in [0.4, 0.5) is 0 Å². The van der Waals surface area contributed by atoms with Crippen LogP contribution in [0.25, 0.3) is 22.5 Å². The van der Waals surface area contributed by atoms with Crippen molar-refractivity contribution in [3.8, 4) is 22.5 Å². The number of nitrogens with zero attached hydrogens (tertiary/aromatic N) is 5. The van der Waals surface area contributed by atoms with Gasteiger partial charge in [-0.15, -0.1) is 0 Å².